The van der Waals surface area contributed by atoms with Crippen molar-refractivity contribution in [3.63, 3.8) is 0 Å². The van der Waals surface area contributed by atoms with Gasteiger partial charge in [0.15, 0.2) is 0 Å². The van der Waals surface area contributed by atoms with E-state index in [4.69, 9.17) is 0 Å². The van der Waals surface area contributed by atoms with E-state index >= 15 is 0 Å². The monoisotopic (exact) mass is 347 g/mol. The summed E-state index contributed by atoms with van der Waals surface area (Å²) in [6.45, 7) is 1.24. The van der Waals surface area contributed by atoms with Gasteiger partial charge >= 0.3 is 0 Å². The lowest BCUT2D eigenvalue weighted by Crippen LogP contribution is -2.41. The molecule has 0 saturated carbocycles. The van der Waals surface area contributed by atoms with E-state index in [1.165, 1.54) is 21.7 Å². The normalized spacial score (nSPS) is 17.1. The first-order valence-electron chi connectivity index (χ1n) is 6.47. The van der Waals surface area contributed by atoms with Crippen LogP contribution >= 0.6 is 23.1 Å². The molecule has 0 aliphatic carbocycles. The number of rotatable bonds is 6. The quantitative estimate of drug-likeness (QED) is 0.765. The highest BCUT2D eigenvalue weighted by Gasteiger charge is 2.23. The number of thiazole rings is 1. The van der Waals surface area contributed by atoms with Crippen molar-refractivity contribution in [3.05, 3.63) is 22.7 Å². The minimum atomic E-state index is -3.27. The van der Waals surface area contributed by atoms with Crippen molar-refractivity contribution >= 4 is 45.1 Å². The van der Waals surface area contributed by atoms with Gasteiger partial charge in [0.25, 0.3) is 0 Å². The van der Waals surface area contributed by atoms with E-state index in [0.717, 1.165) is 11.5 Å². The fourth-order valence-electron chi connectivity index (χ4n) is 1.78. The number of nitrogens with one attached hydrogen (secondary N) is 1. The molecule has 1 N–H and O–H groups in total. The summed E-state index contributed by atoms with van der Waals surface area (Å²) in [7, 11) is -3.27. The maximum absolute atomic E-state index is 12.1. The van der Waals surface area contributed by atoms with Gasteiger partial charge in [0.2, 0.25) is 15.9 Å². The Kier molecular flexibility index (Phi) is 6.22. The summed E-state index contributed by atoms with van der Waals surface area (Å²) in [6, 6.07) is 0. The fraction of sp³-hybridized carbons (Fsp3) is 0.500. The first-order valence-corrected chi connectivity index (χ1v) is 10.2. The van der Waals surface area contributed by atoms with E-state index in [0.29, 0.717) is 18.8 Å². The lowest BCUT2D eigenvalue weighted by molar-refractivity contribution is -0.116. The number of hydrogen-bond acceptors (Lipinski definition) is 6. The van der Waals surface area contributed by atoms with Crippen LogP contribution in [0, 0.1) is 0 Å². The van der Waals surface area contributed by atoms with E-state index in [-0.39, 0.29) is 18.2 Å². The molecule has 0 aromatic carbocycles. The zero-order valence-electron chi connectivity index (χ0n) is 11.4. The molecule has 1 saturated heterocycles. The zero-order chi connectivity index (χ0) is 15.1. The molecule has 1 aliphatic rings. The van der Waals surface area contributed by atoms with Crippen molar-refractivity contribution in [2.45, 2.75) is 0 Å². The van der Waals surface area contributed by atoms with Gasteiger partial charge in [0.05, 0.1) is 17.0 Å². The Hall–Kier alpha value is -0.900. The number of aromatic nitrogens is 1. The summed E-state index contributed by atoms with van der Waals surface area (Å²) in [4.78, 5) is 15.6. The van der Waals surface area contributed by atoms with E-state index in [1.54, 1.807) is 23.3 Å². The highest BCUT2D eigenvalue weighted by molar-refractivity contribution is 7.99. The molecule has 0 bridgehead atoms. The Bertz CT molecular complexity index is 578. The van der Waals surface area contributed by atoms with Crippen LogP contribution < -0.4 is 5.32 Å². The molecular weight excluding hydrogens is 330 g/mol. The van der Waals surface area contributed by atoms with Crippen molar-refractivity contribution in [1.29, 1.82) is 0 Å². The third-order valence-electron chi connectivity index (χ3n) is 2.88. The van der Waals surface area contributed by atoms with Crippen LogP contribution in [0.4, 0.5) is 0 Å². The second-order valence-corrected chi connectivity index (χ2v) is 8.40. The average molecular weight is 347 g/mol. The molecule has 0 unspecified atom stereocenters. The summed E-state index contributed by atoms with van der Waals surface area (Å²) >= 11 is 3.21. The molecule has 0 atom stereocenters. The summed E-state index contributed by atoms with van der Waals surface area (Å²) in [6.07, 6.45) is 2.96. The van der Waals surface area contributed by atoms with Gasteiger partial charge in [-0.25, -0.2) is 17.7 Å². The Morgan fingerprint density at radius 1 is 1.43 bits per heavy atom. The molecule has 1 aromatic rings. The molecule has 0 spiro atoms. The summed E-state index contributed by atoms with van der Waals surface area (Å²) in [5.41, 5.74) is 2.40. The number of amides is 1. The molecule has 21 heavy (non-hydrogen) atoms. The van der Waals surface area contributed by atoms with Crippen LogP contribution in [-0.4, -0.2) is 60.5 Å². The fourth-order valence-corrected chi connectivity index (χ4v) is 4.79. The number of nitrogens with zero attached hydrogens (tertiary/aromatic N) is 2. The number of sulfonamides is 1. The van der Waals surface area contributed by atoms with Crippen LogP contribution in [0.15, 0.2) is 17.0 Å². The summed E-state index contributed by atoms with van der Waals surface area (Å²) < 4.78 is 25.6. The molecular formula is C12H17N3O3S3. The van der Waals surface area contributed by atoms with Gasteiger partial charge in [-0.1, -0.05) is 0 Å². The molecule has 2 rings (SSSR count). The van der Waals surface area contributed by atoms with Gasteiger partial charge in [0, 0.05) is 42.6 Å². The van der Waals surface area contributed by atoms with Crippen LogP contribution in [0.5, 0.6) is 0 Å². The molecule has 6 nitrogen and oxygen atoms in total. The van der Waals surface area contributed by atoms with Crippen molar-refractivity contribution in [2.24, 2.45) is 0 Å². The van der Waals surface area contributed by atoms with Gasteiger partial charge in [-0.15, -0.1) is 11.3 Å². The number of carbonyl (C=O) groups is 1. The molecule has 9 heteroatoms. The lowest BCUT2D eigenvalue weighted by Gasteiger charge is -2.25. The van der Waals surface area contributed by atoms with Gasteiger partial charge in [0.1, 0.15) is 0 Å². The van der Waals surface area contributed by atoms with E-state index < -0.39 is 10.0 Å². The van der Waals surface area contributed by atoms with Crippen molar-refractivity contribution < 1.29 is 13.2 Å². The number of carbonyl (C=O) groups excluding carboxylic acids is 1. The third kappa shape index (κ3) is 5.42. The Morgan fingerprint density at radius 3 is 2.86 bits per heavy atom. The Morgan fingerprint density at radius 2 is 2.19 bits per heavy atom. The van der Waals surface area contributed by atoms with E-state index in [2.05, 4.69) is 10.3 Å². The number of thioether (sulfide) groups is 1. The predicted octanol–water partition coefficient (Wildman–Crippen LogP) is 0.651. The third-order valence-corrected chi connectivity index (χ3v) is 6.30. The minimum absolute atomic E-state index is 0.0616. The van der Waals surface area contributed by atoms with Gasteiger partial charge in [-0.3, -0.25) is 4.79 Å². The lowest BCUT2D eigenvalue weighted by atomic mass is 10.4. The van der Waals surface area contributed by atoms with Crippen LogP contribution in [0.25, 0.3) is 6.08 Å². The van der Waals surface area contributed by atoms with E-state index in [1.807, 2.05) is 5.38 Å². The second kappa shape index (κ2) is 7.92. The first kappa shape index (κ1) is 16.5. The summed E-state index contributed by atoms with van der Waals surface area (Å²) in [5.74, 6) is 1.30. The second-order valence-electron chi connectivity index (χ2n) is 4.37. The maximum atomic E-state index is 12.1. The van der Waals surface area contributed by atoms with Crippen LogP contribution in [-0.2, 0) is 14.8 Å². The number of hydrogen-bond donors (Lipinski definition) is 1. The highest BCUT2D eigenvalue weighted by Crippen LogP contribution is 2.12. The highest BCUT2D eigenvalue weighted by atomic mass is 32.2. The maximum Gasteiger partial charge on any atom is 0.244 e. The van der Waals surface area contributed by atoms with Gasteiger partial charge in [-0.2, -0.15) is 11.8 Å². The summed E-state index contributed by atoms with van der Waals surface area (Å²) in [5, 5.41) is 4.40. The Labute approximate surface area is 132 Å². The standard InChI is InChI=1S/C12H17N3O3S3/c16-12(2-1-11-9-20-10-14-11)13-3-8-21(17,18)15-4-6-19-7-5-15/h1-2,9-10H,3-8H2,(H,13,16)/b2-1+. The van der Waals surface area contributed by atoms with Crippen LogP contribution in [0.1, 0.15) is 5.69 Å². The van der Waals surface area contributed by atoms with E-state index in [9.17, 15) is 13.2 Å². The van der Waals surface area contributed by atoms with Crippen LogP contribution in [0.3, 0.4) is 0 Å². The smallest absolute Gasteiger partial charge is 0.244 e. The molecule has 1 aromatic heterocycles. The molecule has 1 fully saturated rings. The van der Waals surface area contributed by atoms with Crippen molar-refractivity contribution in [1.82, 2.24) is 14.6 Å². The first-order chi connectivity index (χ1) is 10.1. The molecule has 116 valence electrons. The van der Waals surface area contributed by atoms with Crippen molar-refractivity contribution in [2.75, 3.05) is 36.9 Å². The minimum Gasteiger partial charge on any atom is -0.351 e. The molecule has 2 heterocycles. The molecule has 0 radical (unpaired) electrons. The Balaban J connectivity index is 1.74. The van der Waals surface area contributed by atoms with Crippen LogP contribution in [0.2, 0.25) is 0 Å². The molecule has 1 aliphatic heterocycles. The van der Waals surface area contributed by atoms with Crippen molar-refractivity contribution in [3.8, 4) is 0 Å². The molecule has 1 amide bonds. The van der Waals surface area contributed by atoms with Gasteiger partial charge < -0.3 is 5.32 Å². The topological polar surface area (TPSA) is 79.4 Å². The SMILES string of the molecule is O=C(/C=C/c1cscn1)NCCS(=O)(=O)N1CCSCC1. The zero-order valence-corrected chi connectivity index (χ0v) is 13.8. The predicted molar refractivity (Wildman–Crippen MR) is 86.8 cm³/mol. The average Bonchev–Trinajstić information content (AvgIpc) is 2.99. The van der Waals surface area contributed by atoms with Gasteiger partial charge in [-0.05, 0) is 6.08 Å². The largest absolute Gasteiger partial charge is 0.351 e.